The first-order valence-electron chi connectivity index (χ1n) is 8.48. The first-order chi connectivity index (χ1) is 9.83. The number of rotatable bonds is 7. The molecule has 2 rings (SSSR count). The third-order valence-electron chi connectivity index (χ3n) is 5.10. The molecule has 0 aromatic carbocycles. The second kappa shape index (κ2) is 8.98. The molecule has 2 fully saturated rings. The molecule has 1 N–H and O–H groups in total. The number of aliphatic hydroxyl groups is 1. The smallest absolute Gasteiger partial charge is 0.0698 e. The van der Waals surface area contributed by atoms with Crippen LogP contribution in [0.2, 0.25) is 0 Å². The Balaban J connectivity index is 1.59. The molecule has 0 radical (unpaired) electrons. The predicted octanol–water partition coefficient (Wildman–Crippen LogP) is 1.58. The van der Waals surface area contributed by atoms with Gasteiger partial charge in [-0.15, -0.1) is 0 Å². The molecule has 1 aliphatic heterocycles. The summed E-state index contributed by atoms with van der Waals surface area (Å²) < 4.78 is 5.35. The Morgan fingerprint density at radius 1 is 1.00 bits per heavy atom. The van der Waals surface area contributed by atoms with E-state index in [1.54, 1.807) is 0 Å². The minimum absolute atomic E-state index is 0.133. The molecule has 0 aromatic heterocycles. The fourth-order valence-corrected chi connectivity index (χ4v) is 3.63. The van der Waals surface area contributed by atoms with Crippen molar-refractivity contribution in [3.05, 3.63) is 0 Å². The molecule has 1 saturated carbocycles. The lowest BCUT2D eigenvalue weighted by atomic mass is 9.84. The largest absolute Gasteiger partial charge is 0.394 e. The molecule has 0 unspecified atom stereocenters. The Morgan fingerprint density at radius 3 is 2.30 bits per heavy atom. The van der Waals surface area contributed by atoms with E-state index in [4.69, 9.17) is 9.84 Å². The van der Waals surface area contributed by atoms with Gasteiger partial charge >= 0.3 is 0 Å². The number of piperazine rings is 1. The van der Waals surface area contributed by atoms with Gasteiger partial charge in [0.05, 0.1) is 19.8 Å². The molecule has 4 heteroatoms. The molecule has 1 saturated heterocycles. The van der Waals surface area contributed by atoms with Crippen LogP contribution in [0.5, 0.6) is 0 Å². The summed E-state index contributed by atoms with van der Waals surface area (Å²) in [4.78, 5) is 5.21. The zero-order chi connectivity index (χ0) is 14.2. The van der Waals surface area contributed by atoms with Gasteiger partial charge in [0.1, 0.15) is 0 Å². The normalized spacial score (nSPS) is 29.7. The van der Waals surface area contributed by atoms with Gasteiger partial charge in [0, 0.05) is 38.8 Å². The standard InChI is InChI=1S/C16H32N2O2/c1-2-15-3-5-16(6-4-15)18-9-7-17(8-10-18)11-13-20-14-12-19/h15-16,19H,2-14H2,1H3. The van der Waals surface area contributed by atoms with Gasteiger partial charge in [-0.2, -0.15) is 0 Å². The summed E-state index contributed by atoms with van der Waals surface area (Å²) in [5.74, 6) is 0.996. The quantitative estimate of drug-likeness (QED) is 0.720. The van der Waals surface area contributed by atoms with Gasteiger partial charge in [-0.05, 0) is 31.6 Å². The number of aliphatic hydroxyl groups excluding tert-OH is 1. The van der Waals surface area contributed by atoms with E-state index in [0.29, 0.717) is 6.61 Å². The highest BCUT2D eigenvalue weighted by atomic mass is 16.5. The van der Waals surface area contributed by atoms with E-state index >= 15 is 0 Å². The summed E-state index contributed by atoms with van der Waals surface area (Å²) in [5.41, 5.74) is 0. The lowest BCUT2D eigenvalue weighted by Crippen LogP contribution is -2.51. The number of hydrogen-bond acceptors (Lipinski definition) is 4. The Labute approximate surface area is 124 Å². The van der Waals surface area contributed by atoms with E-state index in [0.717, 1.165) is 25.1 Å². The third kappa shape index (κ3) is 4.99. The number of nitrogens with zero attached hydrogens (tertiary/aromatic N) is 2. The molecule has 1 heterocycles. The summed E-state index contributed by atoms with van der Waals surface area (Å²) in [6, 6.07) is 0.852. The van der Waals surface area contributed by atoms with Gasteiger partial charge in [-0.1, -0.05) is 13.3 Å². The molecule has 4 nitrogen and oxygen atoms in total. The summed E-state index contributed by atoms with van der Waals surface area (Å²) in [6.45, 7) is 9.51. The lowest BCUT2D eigenvalue weighted by molar-refractivity contribution is 0.0398. The van der Waals surface area contributed by atoms with E-state index in [-0.39, 0.29) is 6.61 Å². The minimum Gasteiger partial charge on any atom is -0.394 e. The van der Waals surface area contributed by atoms with Crippen LogP contribution in [0.25, 0.3) is 0 Å². The average Bonchev–Trinajstić information content (AvgIpc) is 2.52. The van der Waals surface area contributed by atoms with E-state index in [9.17, 15) is 0 Å². The molecule has 1 aliphatic carbocycles. The molecule has 0 spiro atoms. The van der Waals surface area contributed by atoms with Crippen molar-refractivity contribution in [2.75, 3.05) is 52.5 Å². The summed E-state index contributed by atoms with van der Waals surface area (Å²) in [6.07, 6.45) is 7.08. The van der Waals surface area contributed by atoms with Gasteiger partial charge in [-0.25, -0.2) is 0 Å². The van der Waals surface area contributed by atoms with E-state index < -0.39 is 0 Å². The van der Waals surface area contributed by atoms with Crippen LogP contribution >= 0.6 is 0 Å². The Bertz CT molecular complexity index is 247. The second-order valence-corrected chi connectivity index (χ2v) is 6.30. The topological polar surface area (TPSA) is 35.9 Å². The zero-order valence-corrected chi connectivity index (χ0v) is 13.1. The summed E-state index contributed by atoms with van der Waals surface area (Å²) in [7, 11) is 0. The van der Waals surface area contributed by atoms with Crippen molar-refractivity contribution >= 4 is 0 Å². The van der Waals surface area contributed by atoms with Crippen molar-refractivity contribution in [3.63, 3.8) is 0 Å². The number of ether oxygens (including phenoxy) is 1. The minimum atomic E-state index is 0.133. The maximum Gasteiger partial charge on any atom is 0.0698 e. The molecule has 2 aliphatic rings. The van der Waals surface area contributed by atoms with Crippen LogP contribution < -0.4 is 0 Å². The van der Waals surface area contributed by atoms with Crippen molar-refractivity contribution in [1.29, 1.82) is 0 Å². The maximum absolute atomic E-state index is 8.67. The van der Waals surface area contributed by atoms with Gasteiger partial charge in [-0.3, -0.25) is 9.80 Å². The first-order valence-corrected chi connectivity index (χ1v) is 8.48. The monoisotopic (exact) mass is 284 g/mol. The Morgan fingerprint density at radius 2 is 1.70 bits per heavy atom. The highest BCUT2D eigenvalue weighted by Crippen LogP contribution is 2.29. The maximum atomic E-state index is 8.67. The lowest BCUT2D eigenvalue weighted by Gasteiger charge is -2.42. The molecule has 20 heavy (non-hydrogen) atoms. The van der Waals surface area contributed by atoms with Crippen molar-refractivity contribution in [2.45, 2.75) is 45.1 Å². The molecule has 0 aromatic rings. The van der Waals surface area contributed by atoms with Crippen molar-refractivity contribution in [1.82, 2.24) is 9.80 Å². The van der Waals surface area contributed by atoms with Gasteiger partial charge in [0.25, 0.3) is 0 Å². The highest BCUT2D eigenvalue weighted by molar-refractivity contribution is 4.82. The van der Waals surface area contributed by atoms with Gasteiger partial charge in [0.15, 0.2) is 0 Å². The second-order valence-electron chi connectivity index (χ2n) is 6.30. The predicted molar refractivity (Wildman–Crippen MR) is 82.0 cm³/mol. The summed E-state index contributed by atoms with van der Waals surface area (Å²) >= 11 is 0. The van der Waals surface area contributed by atoms with Crippen molar-refractivity contribution in [3.8, 4) is 0 Å². The Kier molecular flexibility index (Phi) is 7.28. The van der Waals surface area contributed by atoms with Crippen LogP contribution in [-0.2, 0) is 4.74 Å². The zero-order valence-electron chi connectivity index (χ0n) is 13.1. The van der Waals surface area contributed by atoms with Crippen LogP contribution in [0.15, 0.2) is 0 Å². The molecule has 118 valence electrons. The van der Waals surface area contributed by atoms with E-state index in [1.165, 1.54) is 58.3 Å². The summed E-state index contributed by atoms with van der Waals surface area (Å²) in [5, 5.41) is 8.67. The van der Waals surface area contributed by atoms with Crippen LogP contribution in [-0.4, -0.2) is 73.5 Å². The Hall–Kier alpha value is -0.160. The van der Waals surface area contributed by atoms with Gasteiger partial charge in [0.2, 0.25) is 0 Å². The van der Waals surface area contributed by atoms with Crippen LogP contribution in [0, 0.1) is 5.92 Å². The van der Waals surface area contributed by atoms with Crippen molar-refractivity contribution < 1.29 is 9.84 Å². The molecule has 0 bridgehead atoms. The molecule has 0 atom stereocenters. The SMILES string of the molecule is CCC1CCC(N2CCN(CCOCCO)CC2)CC1. The molecule has 0 amide bonds. The first kappa shape index (κ1) is 16.2. The van der Waals surface area contributed by atoms with Crippen LogP contribution in [0.4, 0.5) is 0 Å². The highest BCUT2D eigenvalue weighted by Gasteiger charge is 2.27. The molecular weight excluding hydrogens is 252 g/mol. The third-order valence-corrected chi connectivity index (χ3v) is 5.10. The van der Waals surface area contributed by atoms with Crippen LogP contribution in [0.1, 0.15) is 39.0 Å². The van der Waals surface area contributed by atoms with Crippen LogP contribution in [0.3, 0.4) is 0 Å². The van der Waals surface area contributed by atoms with E-state index in [1.807, 2.05) is 0 Å². The fourth-order valence-electron chi connectivity index (χ4n) is 3.63. The van der Waals surface area contributed by atoms with Gasteiger partial charge < -0.3 is 9.84 Å². The number of hydrogen-bond donors (Lipinski definition) is 1. The van der Waals surface area contributed by atoms with E-state index in [2.05, 4.69) is 16.7 Å². The van der Waals surface area contributed by atoms with Crippen molar-refractivity contribution in [2.24, 2.45) is 5.92 Å². The fraction of sp³-hybridized carbons (Fsp3) is 1.00. The molecular formula is C16H32N2O2. The average molecular weight is 284 g/mol.